The predicted molar refractivity (Wildman–Crippen MR) is 127 cm³/mol. The number of hydrogen-bond acceptors (Lipinski definition) is 3. The third-order valence-corrected chi connectivity index (χ3v) is 6.70. The zero-order chi connectivity index (χ0) is 23.6. The van der Waals surface area contributed by atoms with Crippen LogP contribution in [0, 0.1) is 37.5 Å². The molecule has 1 aromatic rings. The number of hydrogen-bond donors (Lipinski definition) is 1. The SMILES string of the molecule is CC#Cc1cc(C)c(C2C(=O)CC(C3CCN(C(=O)NC(C)(C)C)CC3)CC2=O)c(C)c1. The van der Waals surface area contributed by atoms with Crippen molar-refractivity contribution in [2.45, 2.75) is 78.7 Å². The summed E-state index contributed by atoms with van der Waals surface area (Å²) in [5.74, 6) is 5.81. The van der Waals surface area contributed by atoms with Gasteiger partial charge in [-0.3, -0.25) is 9.59 Å². The molecule has 1 N–H and O–H groups in total. The molecule has 1 aliphatic heterocycles. The molecule has 0 bridgehead atoms. The first-order valence-electron chi connectivity index (χ1n) is 11.7. The number of carbonyl (C=O) groups excluding carboxylic acids is 3. The first kappa shape index (κ1) is 24.0. The predicted octanol–water partition coefficient (Wildman–Crippen LogP) is 4.53. The van der Waals surface area contributed by atoms with E-state index in [4.69, 9.17) is 0 Å². The topological polar surface area (TPSA) is 66.5 Å². The number of nitrogens with one attached hydrogen (secondary N) is 1. The fourth-order valence-electron chi connectivity index (χ4n) is 5.28. The highest BCUT2D eigenvalue weighted by Crippen LogP contribution is 2.39. The number of urea groups is 1. The van der Waals surface area contributed by atoms with E-state index >= 15 is 0 Å². The average molecular weight is 437 g/mol. The molecule has 2 fully saturated rings. The summed E-state index contributed by atoms with van der Waals surface area (Å²) in [7, 11) is 0. The molecule has 1 saturated carbocycles. The summed E-state index contributed by atoms with van der Waals surface area (Å²) >= 11 is 0. The second kappa shape index (κ2) is 9.48. The van der Waals surface area contributed by atoms with Gasteiger partial charge < -0.3 is 10.2 Å². The Balaban J connectivity index is 1.66. The zero-order valence-corrected chi connectivity index (χ0v) is 20.3. The molecule has 5 heteroatoms. The molecule has 0 atom stereocenters. The van der Waals surface area contributed by atoms with Crippen LogP contribution in [0.15, 0.2) is 12.1 Å². The van der Waals surface area contributed by atoms with Gasteiger partial charge in [0.1, 0.15) is 17.5 Å². The molecule has 5 nitrogen and oxygen atoms in total. The zero-order valence-electron chi connectivity index (χ0n) is 20.3. The van der Waals surface area contributed by atoms with Gasteiger partial charge in [0.25, 0.3) is 0 Å². The molecule has 32 heavy (non-hydrogen) atoms. The van der Waals surface area contributed by atoms with Crippen LogP contribution >= 0.6 is 0 Å². The second-order valence-corrected chi connectivity index (χ2v) is 10.4. The fraction of sp³-hybridized carbons (Fsp3) is 0.593. The number of rotatable bonds is 2. The number of piperidine rings is 1. The van der Waals surface area contributed by atoms with Gasteiger partial charge in [0.15, 0.2) is 0 Å². The van der Waals surface area contributed by atoms with Gasteiger partial charge in [-0.25, -0.2) is 4.79 Å². The first-order chi connectivity index (χ1) is 15.0. The van der Waals surface area contributed by atoms with E-state index in [2.05, 4.69) is 17.2 Å². The Bertz CT molecular complexity index is 928. The lowest BCUT2D eigenvalue weighted by molar-refractivity contribution is -0.134. The Labute approximate surface area is 192 Å². The van der Waals surface area contributed by atoms with Gasteiger partial charge in [-0.15, -0.1) is 5.92 Å². The highest BCUT2D eigenvalue weighted by molar-refractivity contribution is 6.10. The van der Waals surface area contributed by atoms with Crippen LogP contribution in [0.1, 0.15) is 81.5 Å². The molecule has 0 unspecified atom stereocenters. The van der Waals surface area contributed by atoms with E-state index < -0.39 is 5.92 Å². The molecule has 1 saturated heterocycles. The summed E-state index contributed by atoms with van der Waals surface area (Å²) in [6, 6.07) is 3.92. The molecule has 0 spiro atoms. The van der Waals surface area contributed by atoms with Crippen molar-refractivity contribution in [2.75, 3.05) is 13.1 Å². The molecule has 3 rings (SSSR count). The van der Waals surface area contributed by atoms with Crippen LogP contribution in [-0.4, -0.2) is 41.1 Å². The molecule has 0 aromatic heterocycles. The molecule has 2 aliphatic rings. The van der Waals surface area contributed by atoms with Crippen molar-refractivity contribution in [3.05, 3.63) is 34.4 Å². The number of Topliss-reactive ketones (excluding diaryl/α,β-unsaturated/α-hetero) is 2. The highest BCUT2D eigenvalue weighted by atomic mass is 16.2. The van der Waals surface area contributed by atoms with Crippen LogP contribution in [0.5, 0.6) is 0 Å². The maximum atomic E-state index is 13.2. The lowest BCUT2D eigenvalue weighted by atomic mass is 9.69. The monoisotopic (exact) mass is 436 g/mol. The van der Waals surface area contributed by atoms with Crippen molar-refractivity contribution >= 4 is 17.6 Å². The molecule has 2 amide bonds. The van der Waals surface area contributed by atoms with E-state index in [0.717, 1.165) is 35.1 Å². The number of likely N-dealkylation sites (tertiary alicyclic amines) is 1. The second-order valence-electron chi connectivity index (χ2n) is 10.4. The van der Waals surface area contributed by atoms with E-state index in [-0.39, 0.29) is 29.1 Å². The summed E-state index contributed by atoms with van der Waals surface area (Å²) in [5, 5.41) is 3.01. The third kappa shape index (κ3) is 5.41. The van der Waals surface area contributed by atoms with E-state index in [1.807, 2.05) is 51.7 Å². The molecule has 1 heterocycles. The molecule has 172 valence electrons. The largest absolute Gasteiger partial charge is 0.333 e. The highest BCUT2D eigenvalue weighted by Gasteiger charge is 2.41. The Kier molecular flexibility index (Phi) is 7.12. The molecular weight excluding hydrogens is 400 g/mol. The number of aryl methyl sites for hydroxylation is 2. The molecule has 1 aromatic carbocycles. The van der Waals surface area contributed by atoms with Crippen molar-refractivity contribution in [3.8, 4) is 11.8 Å². The minimum Gasteiger partial charge on any atom is -0.333 e. The van der Waals surface area contributed by atoms with Gasteiger partial charge >= 0.3 is 6.03 Å². The van der Waals surface area contributed by atoms with Crippen LogP contribution in [0.2, 0.25) is 0 Å². The summed E-state index contributed by atoms with van der Waals surface area (Å²) < 4.78 is 0. The lowest BCUT2D eigenvalue weighted by Gasteiger charge is -2.39. The summed E-state index contributed by atoms with van der Waals surface area (Å²) in [5.41, 5.74) is 3.45. The van der Waals surface area contributed by atoms with Crippen molar-refractivity contribution in [3.63, 3.8) is 0 Å². The normalized spacial score (nSPS) is 22.4. The van der Waals surface area contributed by atoms with Crippen molar-refractivity contribution in [1.82, 2.24) is 10.2 Å². The third-order valence-electron chi connectivity index (χ3n) is 6.70. The van der Waals surface area contributed by atoms with Gasteiger partial charge in [-0.2, -0.15) is 0 Å². The molecule has 1 aliphatic carbocycles. The number of carbonyl (C=O) groups is 3. The number of amides is 2. The maximum absolute atomic E-state index is 13.2. The maximum Gasteiger partial charge on any atom is 0.317 e. The van der Waals surface area contributed by atoms with E-state index in [9.17, 15) is 14.4 Å². The number of nitrogens with zero attached hydrogens (tertiary/aromatic N) is 1. The van der Waals surface area contributed by atoms with Gasteiger partial charge in [0.05, 0.1) is 0 Å². The fourth-order valence-corrected chi connectivity index (χ4v) is 5.28. The Hall–Kier alpha value is -2.61. The Morgan fingerprint density at radius 3 is 2.00 bits per heavy atom. The van der Waals surface area contributed by atoms with Crippen LogP contribution in [-0.2, 0) is 9.59 Å². The number of ketones is 2. The van der Waals surface area contributed by atoms with Gasteiger partial charge in [0, 0.05) is 37.0 Å². The van der Waals surface area contributed by atoms with Crippen LogP contribution in [0.3, 0.4) is 0 Å². The van der Waals surface area contributed by atoms with E-state index in [1.165, 1.54) is 0 Å². The van der Waals surface area contributed by atoms with Crippen molar-refractivity contribution < 1.29 is 14.4 Å². The Morgan fingerprint density at radius 2 is 1.53 bits per heavy atom. The van der Waals surface area contributed by atoms with Crippen molar-refractivity contribution in [2.24, 2.45) is 11.8 Å². The smallest absolute Gasteiger partial charge is 0.317 e. The first-order valence-corrected chi connectivity index (χ1v) is 11.7. The summed E-state index contributed by atoms with van der Waals surface area (Å²) in [4.78, 5) is 40.6. The van der Waals surface area contributed by atoms with Crippen molar-refractivity contribution in [1.29, 1.82) is 0 Å². The number of benzene rings is 1. The minimum absolute atomic E-state index is 0.0334. The van der Waals surface area contributed by atoms with Crippen LogP contribution < -0.4 is 5.32 Å². The average Bonchev–Trinajstić information content (AvgIpc) is 2.68. The van der Waals surface area contributed by atoms with Gasteiger partial charge in [-0.1, -0.05) is 5.92 Å². The minimum atomic E-state index is -0.646. The summed E-state index contributed by atoms with van der Waals surface area (Å²) in [6.45, 7) is 13.0. The summed E-state index contributed by atoms with van der Waals surface area (Å²) in [6.07, 6.45) is 2.58. The quantitative estimate of drug-likeness (QED) is 0.547. The molecule has 0 radical (unpaired) electrons. The standard InChI is InChI=1S/C27H36N2O3/c1-7-8-19-13-17(2)24(18(3)14-19)25-22(30)15-21(16-23(25)31)20-9-11-29(12-10-20)26(32)28-27(4,5)6/h13-14,20-21,25H,9-12,15-16H2,1-6H3,(H,28,32). The Morgan fingerprint density at radius 1 is 1.00 bits per heavy atom. The van der Waals surface area contributed by atoms with Gasteiger partial charge in [-0.05, 0) is 95.0 Å². The van der Waals surface area contributed by atoms with Crippen LogP contribution in [0.4, 0.5) is 4.79 Å². The van der Waals surface area contributed by atoms with E-state index in [0.29, 0.717) is 31.8 Å². The lowest BCUT2D eigenvalue weighted by Crippen LogP contribution is -2.51. The molecular formula is C27H36N2O3. The van der Waals surface area contributed by atoms with Crippen LogP contribution in [0.25, 0.3) is 0 Å². The van der Waals surface area contributed by atoms with E-state index in [1.54, 1.807) is 6.92 Å². The van der Waals surface area contributed by atoms with Gasteiger partial charge in [0.2, 0.25) is 0 Å².